The van der Waals surface area contributed by atoms with Gasteiger partial charge < -0.3 is 19.4 Å². The van der Waals surface area contributed by atoms with E-state index in [4.69, 9.17) is 9.47 Å². The van der Waals surface area contributed by atoms with E-state index in [0.29, 0.717) is 24.7 Å². The molecule has 1 N–H and O–H groups in total. The highest BCUT2D eigenvalue weighted by atomic mass is 19.2. The number of benzene rings is 1. The molecule has 0 unspecified atom stereocenters. The Bertz CT molecular complexity index is 1220. The van der Waals surface area contributed by atoms with Crippen molar-refractivity contribution in [2.45, 2.75) is 26.2 Å². The number of amides is 1. The Labute approximate surface area is 184 Å². The molecule has 3 aromatic rings. The second kappa shape index (κ2) is 8.35. The second-order valence-electron chi connectivity index (χ2n) is 8.36. The molecule has 0 saturated heterocycles. The third kappa shape index (κ3) is 3.86. The van der Waals surface area contributed by atoms with Crippen molar-refractivity contribution in [3.05, 3.63) is 65.0 Å². The van der Waals surface area contributed by atoms with Crippen molar-refractivity contribution < 1.29 is 23.0 Å². The standard InChI is InChI=1S/C24H25F2N3O3/c1-5-32-12-15-11-29(23(30)14-6-8-17(25)18(26)10-14)13-24(2,3)20-16-7-9-19(31-4)27-22(16)28-21(15)20/h6-11H,5,12-13H2,1-4H3,(H,27,28). The van der Waals surface area contributed by atoms with Gasteiger partial charge in [-0.05, 0) is 36.8 Å². The highest BCUT2D eigenvalue weighted by Crippen LogP contribution is 2.40. The van der Waals surface area contributed by atoms with E-state index in [2.05, 4.69) is 9.97 Å². The Kier molecular flexibility index (Phi) is 5.73. The number of nitrogens with zero attached hydrogens (tertiary/aromatic N) is 2. The molecule has 0 atom stereocenters. The van der Waals surface area contributed by atoms with Crippen LogP contribution in [0.4, 0.5) is 8.78 Å². The summed E-state index contributed by atoms with van der Waals surface area (Å²) in [6, 6.07) is 6.93. The Morgan fingerprint density at radius 3 is 2.69 bits per heavy atom. The van der Waals surface area contributed by atoms with Crippen LogP contribution in [-0.4, -0.2) is 47.6 Å². The molecule has 0 saturated carbocycles. The van der Waals surface area contributed by atoms with Crippen LogP contribution in [0.1, 0.15) is 42.4 Å². The number of aromatic nitrogens is 2. The number of halogens is 2. The van der Waals surface area contributed by atoms with Crippen LogP contribution >= 0.6 is 0 Å². The molecule has 1 aliphatic rings. The van der Waals surface area contributed by atoms with Crippen LogP contribution in [-0.2, 0) is 10.2 Å². The van der Waals surface area contributed by atoms with Gasteiger partial charge in [-0.2, -0.15) is 4.98 Å². The number of pyridine rings is 1. The van der Waals surface area contributed by atoms with Gasteiger partial charge in [-0.3, -0.25) is 4.79 Å². The average Bonchev–Trinajstić information content (AvgIpc) is 3.11. The lowest BCUT2D eigenvalue weighted by atomic mass is 9.82. The Balaban J connectivity index is 1.85. The summed E-state index contributed by atoms with van der Waals surface area (Å²) in [5.74, 6) is -1.97. The van der Waals surface area contributed by atoms with Gasteiger partial charge in [0.15, 0.2) is 11.6 Å². The molecule has 8 heteroatoms. The predicted molar refractivity (Wildman–Crippen MR) is 118 cm³/mol. The Morgan fingerprint density at radius 2 is 2.00 bits per heavy atom. The van der Waals surface area contributed by atoms with Gasteiger partial charge in [0.2, 0.25) is 5.88 Å². The summed E-state index contributed by atoms with van der Waals surface area (Å²) < 4.78 is 38.1. The van der Waals surface area contributed by atoms with Gasteiger partial charge >= 0.3 is 0 Å². The van der Waals surface area contributed by atoms with E-state index < -0.39 is 23.0 Å². The lowest BCUT2D eigenvalue weighted by molar-refractivity contribution is 0.0799. The number of methoxy groups -OCH3 is 1. The van der Waals surface area contributed by atoms with Crippen molar-refractivity contribution in [1.82, 2.24) is 14.9 Å². The molecular weight excluding hydrogens is 416 g/mol. The van der Waals surface area contributed by atoms with Gasteiger partial charge in [0.05, 0.1) is 19.4 Å². The van der Waals surface area contributed by atoms with Gasteiger partial charge in [0.1, 0.15) is 5.65 Å². The number of hydrogen-bond acceptors (Lipinski definition) is 4. The van der Waals surface area contributed by atoms with Crippen LogP contribution in [0.25, 0.3) is 16.6 Å². The molecular formula is C24H25F2N3O3. The van der Waals surface area contributed by atoms with E-state index in [-0.39, 0.29) is 12.2 Å². The molecule has 0 bridgehead atoms. The zero-order valence-corrected chi connectivity index (χ0v) is 18.5. The number of nitrogens with one attached hydrogen (secondary N) is 1. The number of carbonyl (C=O) groups excluding carboxylic acids is 1. The van der Waals surface area contributed by atoms with Crippen molar-refractivity contribution in [1.29, 1.82) is 0 Å². The topological polar surface area (TPSA) is 67.5 Å². The summed E-state index contributed by atoms with van der Waals surface area (Å²) in [6.45, 7) is 7.06. The molecule has 32 heavy (non-hydrogen) atoms. The first-order chi connectivity index (χ1) is 15.2. The van der Waals surface area contributed by atoms with Crippen LogP contribution in [0.5, 0.6) is 5.88 Å². The average molecular weight is 441 g/mol. The lowest BCUT2D eigenvalue weighted by Crippen LogP contribution is -2.37. The van der Waals surface area contributed by atoms with Crippen LogP contribution in [0, 0.1) is 11.6 Å². The van der Waals surface area contributed by atoms with Gasteiger partial charge in [-0.15, -0.1) is 0 Å². The molecule has 1 aromatic carbocycles. The van der Waals surface area contributed by atoms with Gasteiger partial charge in [-0.1, -0.05) is 13.8 Å². The molecule has 2 aromatic heterocycles. The number of ether oxygens (including phenoxy) is 2. The molecule has 3 heterocycles. The summed E-state index contributed by atoms with van der Waals surface area (Å²) in [5, 5.41) is 0.926. The van der Waals surface area contributed by atoms with E-state index in [1.807, 2.05) is 26.8 Å². The van der Waals surface area contributed by atoms with Crippen LogP contribution in [0.3, 0.4) is 0 Å². The summed E-state index contributed by atoms with van der Waals surface area (Å²) in [5.41, 5.74) is 2.88. The summed E-state index contributed by atoms with van der Waals surface area (Å²) in [6.07, 6.45) is 1.72. The zero-order valence-electron chi connectivity index (χ0n) is 18.5. The number of rotatable bonds is 5. The highest BCUT2D eigenvalue weighted by molar-refractivity contribution is 5.97. The van der Waals surface area contributed by atoms with E-state index in [1.54, 1.807) is 19.4 Å². The Morgan fingerprint density at radius 1 is 1.22 bits per heavy atom. The highest BCUT2D eigenvalue weighted by Gasteiger charge is 2.36. The first kappa shape index (κ1) is 22.0. The minimum Gasteiger partial charge on any atom is -0.481 e. The van der Waals surface area contributed by atoms with Crippen molar-refractivity contribution in [2.75, 3.05) is 26.9 Å². The molecule has 1 amide bonds. The van der Waals surface area contributed by atoms with Crippen molar-refractivity contribution in [2.24, 2.45) is 0 Å². The third-order valence-electron chi connectivity index (χ3n) is 5.61. The van der Waals surface area contributed by atoms with E-state index >= 15 is 0 Å². The summed E-state index contributed by atoms with van der Waals surface area (Å²) >= 11 is 0. The number of hydrogen-bond donors (Lipinski definition) is 1. The maximum atomic E-state index is 13.8. The predicted octanol–water partition coefficient (Wildman–Crippen LogP) is 4.66. The molecule has 0 spiro atoms. The van der Waals surface area contributed by atoms with Gasteiger partial charge in [-0.25, -0.2) is 8.78 Å². The lowest BCUT2D eigenvalue weighted by Gasteiger charge is -2.29. The van der Waals surface area contributed by atoms with Crippen molar-refractivity contribution in [3.63, 3.8) is 0 Å². The number of H-pyrrole nitrogens is 1. The summed E-state index contributed by atoms with van der Waals surface area (Å²) in [4.78, 5) is 22.7. The number of fused-ring (bicyclic) bond motifs is 3. The summed E-state index contributed by atoms with van der Waals surface area (Å²) in [7, 11) is 1.56. The molecule has 0 radical (unpaired) electrons. The zero-order chi connectivity index (χ0) is 23.0. The van der Waals surface area contributed by atoms with Crippen LogP contribution in [0.2, 0.25) is 0 Å². The van der Waals surface area contributed by atoms with Crippen LogP contribution < -0.4 is 4.74 Å². The number of aromatic amines is 1. The molecule has 0 aliphatic carbocycles. The minimum absolute atomic E-state index is 0.0773. The SMILES string of the molecule is CCOCC1=CN(C(=O)c2ccc(F)c(F)c2)CC(C)(C)c2c1[nH]c1nc(OC)ccc21. The maximum absolute atomic E-state index is 13.8. The van der Waals surface area contributed by atoms with E-state index in [1.165, 1.54) is 11.0 Å². The molecule has 6 nitrogen and oxygen atoms in total. The Hall–Kier alpha value is -3.26. The monoisotopic (exact) mass is 441 g/mol. The smallest absolute Gasteiger partial charge is 0.257 e. The maximum Gasteiger partial charge on any atom is 0.257 e. The minimum atomic E-state index is -1.06. The first-order valence-electron chi connectivity index (χ1n) is 10.4. The quantitative estimate of drug-likeness (QED) is 0.625. The van der Waals surface area contributed by atoms with E-state index in [9.17, 15) is 13.6 Å². The fourth-order valence-electron chi connectivity index (χ4n) is 4.16. The fraction of sp³-hybridized carbons (Fsp3) is 0.333. The molecule has 4 rings (SSSR count). The van der Waals surface area contributed by atoms with Gasteiger partial charge in [0, 0.05) is 47.4 Å². The molecule has 1 aliphatic heterocycles. The van der Waals surface area contributed by atoms with Gasteiger partial charge in [0.25, 0.3) is 5.91 Å². The van der Waals surface area contributed by atoms with Crippen molar-refractivity contribution >= 4 is 22.5 Å². The molecule has 0 fully saturated rings. The first-order valence-corrected chi connectivity index (χ1v) is 10.4. The third-order valence-corrected chi connectivity index (χ3v) is 5.61. The normalized spacial score (nSPS) is 15.3. The van der Waals surface area contributed by atoms with Crippen molar-refractivity contribution in [3.8, 4) is 5.88 Å². The number of carbonyl (C=O) groups is 1. The van der Waals surface area contributed by atoms with E-state index in [0.717, 1.165) is 34.3 Å². The largest absolute Gasteiger partial charge is 0.481 e. The molecule has 168 valence electrons. The fourth-order valence-corrected chi connectivity index (χ4v) is 4.16. The second-order valence-corrected chi connectivity index (χ2v) is 8.36. The van der Waals surface area contributed by atoms with Crippen LogP contribution in [0.15, 0.2) is 36.5 Å².